The quantitative estimate of drug-likeness (QED) is 0.911. The topological polar surface area (TPSA) is 46.5 Å². The second kappa shape index (κ2) is 5.87. The fraction of sp³-hybridized carbons (Fsp3) is 0.667. The molecule has 0 radical (unpaired) electrons. The molecule has 24 heavy (non-hydrogen) atoms. The maximum atomic E-state index is 12.5. The monoisotopic (exact) mass is 330 g/mol. The van der Waals surface area contributed by atoms with Gasteiger partial charge in [-0.25, -0.2) is 0 Å². The number of benzene rings is 1. The molecule has 2 aliphatic carbocycles. The first-order valence-electron chi connectivity index (χ1n) is 9.14. The third-order valence-electron chi connectivity index (χ3n) is 6.79. The lowest BCUT2D eigenvalue weighted by molar-refractivity contribution is -0.142. The molecular formula is C21H30O3. The van der Waals surface area contributed by atoms with Crippen LogP contribution in [0.25, 0.3) is 0 Å². The molecule has 3 unspecified atom stereocenters. The molecule has 1 aromatic carbocycles. The zero-order chi connectivity index (χ0) is 17.7. The zero-order valence-electron chi connectivity index (χ0n) is 15.6. The van der Waals surface area contributed by atoms with Crippen LogP contribution in [-0.2, 0) is 16.6 Å². The summed E-state index contributed by atoms with van der Waals surface area (Å²) in [6, 6.07) is 4.45. The molecule has 0 amide bonds. The third kappa shape index (κ3) is 2.24. The number of methoxy groups -OCH3 is 1. The van der Waals surface area contributed by atoms with Crippen LogP contribution in [0.3, 0.4) is 0 Å². The van der Waals surface area contributed by atoms with E-state index < -0.39 is 5.41 Å². The van der Waals surface area contributed by atoms with Gasteiger partial charge in [0.25, 0.3) is 0 Å². The van der Waals surface area contributed by atoms with E-state index in [1.165, 1.54) is 16.7 Å². The molecule has 2 aliphatic rings. The van der Waals surface area contributed by atoms with Crippen LogP contribution in [0.2, 0.25) is 0 Å². The number of aliphatic hydroxyl groups is 1. The van der Waals surface area contributed by atoms with Crippen LogP contribution < -0.4 is 4.74 Å². The lowest BCUT2D eigenvalue weighted by atomic mass is 9.49. The van der Waals surface area contributed by atoms with Crippen molar-refractivity contribution in [1.82, 2.24) is 0 Å². The summed E-state index contributed by atoms with van der Waals surface area (Å²) in [6.07, 6.45) is 3.27. The zero-order valence-corrected chi connectivity index (χ0v) is 15.6. The lowest BCUT2D eigenvalue weighted by Gasteiger charge is -2.54. The normalized spacial score (nSPS) is 32.5. The predicted molar refractivity (Wildman–Crippen MR) is 95.7 cm³/mol. The Morgan fingerprint density at radius 1 is 1.29 bits per heavy atom. The molecule has 1 N–H and O–H groups in total. The molecule has 0 heterocycles. The molecule has 0 aliphatic heterocycles. The van der Waals surface area contributed by atoms with E-state index in [1.54, 1.807) is 7.11 Å². The molecule has 0 saturated heterocycles. The Bertz CT molecular complexity index is 663. The van der Waals surface area contributed by atoms with Gasteiger partial charge >= 0.3 is 0 Å². The van der Waals surface area contributed by atoms with Gasteiger partial charge in [-0.05, 0) is 53.2 Å². The van der Waals surface area contributed by atoms with E-state index in [0.717, 1.165) is 25.0 Å². The summed E-state index contributed by atoms with van der Waals surface area (Å²) in [5, 5.41) is 9.99. The van der Waals surface area contributed by atoms with E-state index in [0.29, 0.717) is 12.3 Å². The summed E-state index contributed by atoms with van der Waals surface area (Å²) in [5.41, 5.74) is 3.22. The molecule has 0 bridgehead atoms. The Morgan fingerprint density at radius 2 is 2.00 bits per heavy atom. The number of hydrogen-bond donors (Lipinski definition) is 1. The number of Topliss-reactive ketones (excluding diaryl/α,β-unsaturated/α-hetero) is 1. The number of ketones is 1. The van der Waals surface area contributed by atoms with Gasteiger partial charge in [0.2, 0.25) is 0 Å². The number of aliphatic hydroxyl groups excluding tert-OH is 1. The van der Waals surface area contributed by atoms with Crippen LogP contribution in [0, 0.1) is 11.3 Å². The summed E-state index contributed by atoms with van der Waals surface area (Å²) >= 11 is 0. The number of ether oxygens (including phenoxy) is 1. The fourth-order valence-electron chi connectivity index (χ4n) is 5.30. The van der Waals surface area contributed by atoms with Gasteiger partial charge < -0.3 is 9.84 Å². The Labute approximate surface area is 145 Å². The average Bonchev–Trinajstić information content (AvgIpc) is 2.57. The summed E-state index contributed by atoms with van der Waals surface area (Å²) in [7, 11) is 1.76. The van der Waals surface area contributed by atoms with Gasteiger partial charge in [0.05, 0.1) is 19.1 Å². The molecule has 1 saturated carbocycles. The van der Waals surface area contributed by atoms with Crippen LogP contribution in [0.1, 0.15) is 69.6 Å². The first-order valence-corrected chi connectivity index (χ1v) is 9.14. The van der Waals surface area contributed by atoms with Gasteiger partial charge in [-0.1, -0.05) is 39.8 Å². The molecule has 1 fully saturated rings. The predicted octanol–water partition coefficient (Wildman–Crippen LogP) is 4.00. The van der Waals surface area contributed by atoms with E-state index in [1.807, 2.05) is 6.92 Å². The highest BCUT2D eigenvalue weighted by Gasteiger charge is 2.55. The van der Waals surface area contributed by atoms with E-state index in [2.05, 4.69) is 32.9 Å². The lowest BCUT2D eigenvalue weighted by Crippen LogP contribution is -2.55. The summed E-state index contributed by atoms with van der Waals surface area (Å²) in [4.78, 5) is 12.5. The van der Waals surface area contributed by atoms with Crippen molar-refractivity contribution in [2.45, 2.75) is 64.7 Å². The highest BCUT2D eigenvalue weighted by molar-refractivity contribution is 5.86. The van der Waals surface area contributed by atoms with Gasteiger partial charge in [0.15, 0.2) is 0 Å². The first-order chi connectivity index (χ1) is 11.3. The molecule has 3 atom stereocenters. The van der Waals surface area contributed by atoms with E-state index in [-0.39, 0.29) is 23.7 Å². The number of hydrogen-bond acceptors (Lipinski definition) is 3. The van der Waals surface area contributed by atoms with Gasteiger partial charge in [0, 0.05) is 6.42 Å². The molecule has 3 heteroatoms. The van der Waals surface area contributed by atoms with E-state index >= 15 is 0 Å². The maximum absolute atomic E-state index is 12.5. The maximum Gasteiger partial charge on any atom is 0.141 e. The van der Waals surface area contributed by atoms with Crippen molar-refractivity contribution in [2.75, 3.05) is 13.7 Å². The van der Waals surface area contributed by atoms with Crippen LogP contribution >= 0.6 is 0 Å². The summed E-state index contributed by atoms with van der Waals surface area (Å²) < 4.78 is 5.81. The Kier molecular flexibility index (Phi) is 4.28. The number of carbonyl (C=O) groups is 1. The minimum atomic E-state index is -0.616. The van der Waals surface area contributed by atoms with Crippen molar-refractivity contribution in [3.63, 3.8) is 0 Å². The van der Waals surface area contributed by atoms with Gasteiger partial charge in [-0.2, -0.15) is 0 Å². The average molecular weight is 330 g/mol. The minimum Gasteiger partial charge on any atom is -0.496 e. The second-order valence-corrected chi connectivity index (χ2v) is 8.38. The van der Waals surface area contributed by atoms with Crippen LogP contribution in [0.5, 0.6) is 5.75 Å². The van der Waals surface area contributed by atoms with Crippen molar-refractivity contribution in [2.24, 2.45) is 11.3 Å². The van der Waals surface area contributed by atoms with Crippen molar-refractivity contribution in [1.29, 1.82) is 0 Å². The highest BCUT2D eigenvalue weighted by Crippen LogP contribution is 2.57. The summed E-state index contributed by atoms with van der Waals surface area (Å²) in [6.45, 7) is 8.58. The van der Waals surface area contributed by atoms with Gasteiger partial charge in [0.1, 0.15) is 11.5 Å². The third-order valence-corrected chi connectivity index (χ3v) is 6.79. The van der Waals surface area contributed by atoms with Crippen LogP contribution in [0.4, 0.5) is 0 Å². The highest BCUT2D eigenvalue weighted by atomic mass is 16.5. The Balaban J connectivity index is 2.16. The SMILES string of the molecule is COc1c(C(C)C)ccc2c1CCC1C(C)(CO)C(=O)CCC21C. The van der Waals surface area contributed by atoms with Crippen molar-refractivity contribution in [3.05, 3.63) is 28.8 Å². The van der Waals surface area contributed by atoms with Gasteiger partial charge in [-0.15, -0.1) is 0 Å². The van der Waals surface area contributed by atoms with E-state index in [9.17, 15) is 9.90 Å². The number of rotatable bonds is 3. The minimum absolute atomic E-state index is 0.0529. The van der Waals surface area contributed by atoms with Crippen LogP contribution in [0.15, 0.2) is 12.1 Å². The molecule has 0 aromatic heterocycles. The molecule has 3 rings (SSSR count). The van der Waals surface area contributed by atoms with E-state index in [4.69, 9.17) is 4.74 Å². The van der Waals surface area contributed by atoms with Crippen molar-refractivity contribution in [3.8, 4) is 5.75 Å². The first kappa shape index (κ1) is 17.5. The summed E-state index contributed by atoms with van der Waals surface area (Å²) in [5.74, 6) is 1.87. The van der Waals surface area contributed by atoms with Crippen LogP contribution in [-0.4, -0.2) is 24.6 Å². The molecular weight excluding hydrogens is 300 g/mol. The number of carbonyl (C=O) groups excluding carboxylic acids is 1. The standard InChI is InChI=1S/C21H30O3/c1-13(2)14-6-8-16-15(19(14)24-5)7-9-17-20(16,3)11-10-18(23)21(17,4)12-22/h6,8,13,17,22H,7,9-12H2,1-5H3. The van der Waals surface area contributed by atoms with Crippen molar-refractivity contribution >= 4 is 5.78 Å². The molecule has 3 nitrogen and oxygen atoms in total. The Hall–Kier alpha value is -1.35. The molecule has 1 aromatic rings. The van der Waals surface area contributed by atoms with Crippen molar-refractivity contribution < 1.29 is 14.6 Å². The smallest absolute Gasteiger partial charge is 0.141 e. The fourth-order valence-corrected chi connectivity index (χ4v) is 5.30. The Morgan fingerprint density at radius 3 is 2.58 bits per heavy atom. The number of fused-ring (bicyclic) bond motifs is 3. The van der Waals surface area contributed by atoms with Gasteiger partial charge in [-0.3, -0.25) is 4.79 Å². The molecule has 132 valence electrons. The second-order valence-electron chi connectivity index (χ2n) is 8.38. The molecule has 0 spiro atoms. The largest absolute Gasteiger partial charge is 0.496 e.